The normalized spacial score (nSPS) is 27.0. The third kappa shape index (κ3) is 7.60. The van der Waals surface area contributed by atoms with E-state index in [9.17, 15) is 29.0 Å². The van der Waals surface area contributed by atoms with Gasteiger partial charge in [0.05, 0.1) is 29.0 Å². The molecule has 0 bridgehead atoms. The molecular weight excluding hydrogens is 829 g/mol. The van der Waals surface area contributed by atoms with Crippen LogP contribution in [0.3, 0.4) is 0 Å². The molecule has 12 nitrogen and oxygen atoms in total. The van der Waals surface area contributed by atoms with Crippen LogP contribution >= 0.6 is 18.9 Å². The van der Waals surface area contributed by atoms with Crippen LogP contribution in [0.1, 0.15) is 104 Å². The first-order chi connectivity index (χ1) is 30.1. The summed E-state index contributed by atoms with van der Waals surface area (Å²) in [5.41, 5.74) is 0.603. The van der Waals surface area contributed by atoms with Gasteiger partial charge in [-0.2, -0.15) is 5.26 Å². The number of nitriles is 1. The monoisotopic (exact) mass is 879 g/mol. The van der Waals surface area contributed by atoms with Gasteiger partial charge in [0, 0.05) is 29.7 Å². The highest BCUT2D eigenvalue weighted by atomic mass is 32.1. The van der Waals surface area contributed by atoms with Crippen LogP contribution in [0.15, 0.2) is 84.9 Å². The second-order valence-corrected chi connectivity index (χ2v) is 20.7. The molecule has 5 heterocycles. The second kappa shape index (κ2) is 17.2. The number of rotatable bonds is 12. The summed E-state index contributed by atoms with van der Waals surface area (Å²) in [4.78, 5) is 60.0. The van der Waals surface area contributed by atoms with Gasteiger partial charge in [0.1, 0.15) is 23.9 Å². The number of hydrogen-bond donors (Lipinski definition) is 1. The van der Waals surface area contributed by atoms with Crippen LogP contribution in [-0.2, 0) is 23.7 Å². The van der Waals surface area contributed by atoms with Gasteiger partial charge in [-0.25, -0.2) is 9.06 Å². The number of nitrogens with one attached hydrogen (secondary N) is 1. The van der Waals surface area contributed by atoms with E-state index in [1.807, 2.05) is 42.2 Å². The third-order valence-electron chi connectivity index (χ3n) is 13.6. The number of carbonyl (C=O) groups excluding carboxylic acids is 4. The minimum Gasteiger partial charge on any atom is -0.465 e. The summed E-state index contributed by atoms with van der Waals surface area (Å²) in [7, 11) is -4.42. The minimum atomic E-state index is -4.42. The number of hydrogen-bond acceptors (Lipinski definition) is 9. The predicted octanol–water partition coefficient (Wildman–Crippen LogP) is 8.50. The van der Waals surface area contributed by atoms with Gasteiger partial charge < -0.3 is 24.4 Å². The Bertz CT molecular complexity index is 2440. The zero-order valence-electron chi connectivity index (χ0n) is 34.7. The number of nitrogens with zero attached hydrogens (tertiary/aromatic N) is 4. The Balaban J connectivity index is 0.924. The van der Waals surface area contributed by atoms with E-state index in [4.69, 9.17) is 9.26 Å². The van der Waals surface area contributed by atoms with Gasteiger partial charge in [0.2, 0.25) is 17.7 Å². The first kappa shape index (κ1) is 42.2. The number of halogens is 1. The van der Waals surface area contributed by atoms with Crippen LogP contribution in [-0.4, -0.2) is 87.6 Å². The van der Waals surface area contributed by atoms with Gasteiger partial charge in [0.25, 0.3) is 5.91 Å². The number of fused-ring (bicyclic) bond motifs is 2. The van der Waals surface area contributed by atoms with Crippen LogP contribution < -0.4 is 9.84 Å². The average Bonchev–Trinajstić information content (AvgIpc) is 3.63. The molecule has 1 aliphatic carbocycles. The van der Waals surface area contributed by atoms with Crippen LogP contribution in [0.5, 0.6) is 5.75 Å². The van der Waals surface area contributed by atoms with Crippen molar-refractivity contribution < 1.29 is 37.4 Å². The lowest BCUT2D eigenvalue weighted by molar-refractivity contribution is -0.147. The van der Waals surface area contributed by atoms with E-state index >= 15 is 4.39 Å². The largest absolute Gasteiger partial charge is 0.465 e. The molecule has 1 unspecified atom stereocenters. The highest BCUT2D eigenvalue weighted by Crippen LogP contribution is 2.65. The lowest BCUT2D eigenvalue weighted by atomic mass is 9.85. The summed E-state index contributed by atoms with van der Waals surface area (Å²) >= 11 is 1.20. The Kier molecular flexibility index (Phi) is 11.7. The molecule has 4 saturated heterocycles. The van der Waals surface area contributed by atoms with Crippen molar-refractivity contribution in [2.24, 2.45) is 5.92 Å². The summed E-state index contributed by atoms with van der Waals surface area (Å²) < 4.78 is 45.5. The highest BCUT2D eigenvalue weighted by Gasteiger charge is 2.64. The minimum absolute atomic E-state index is 0.0750. The SMILES string of the molecule is CCCOC(=O)[C@@H]1CCCN1P(=O)(Oc1ccccc1)[C@H](F)c1ccc2sc(C(=O)N[C@H]3CCC[C@H]4CC[C@@H](C(=O)N5C[C@H](c6ccccc6)[C@@H](C#N)C56CC6)N4C3=O)cc2c1. The number of thiophene rings is 1. The van der Waals surface area contributed by atoms with E-state index in [-0.39, 0.29) is 54.2 Å². The number of amides is 3. The van der Waals surface area contributed by atoms with Crippen molar-refractivity contribution >= 4 is 52.6 Å². The molecule has 1 aromatic heterocycles. The Morgan fingerprint density at radius 3 is 2.45 bits per heavy atom. The van der Waals surface area contributed by atoms with E-state index in [0.29, 0.717) is 66.5 Å². The Hall–Kier alpha value is -5.09. The van der Waals surface area contributed by atoms with Gasteiger partial charge >= 0.3 is 13.5 Å². The smallest absolute Gasteiger partial charge is 0.358 e. The average molecular weight is 880 g/mol. The molecule has 1 saturated carbocycles. The van der Waals surface area contributed by atoms with Crippen LogP contribution in [0.2, 0.25) is 0 Å². The molecule has 3 amide bonds. The number of benzene rings is 3. The Labute approximate surface area is 364 Å². The quantitative estimate of drug-likeness (QED) is 0.109. The number of alkyl halides is 1. The van der Waals surface area contributed by atoms with Crippen molar-refractivity contribution in [2.75, 3.05) is 19.7 Å². The summed E-state index contributed by atoms with van der Waals surface area (Å²) in [6.45, 7) is 2.69. The Morgan fingerprint density at radius 2 is 1.73 bits per heavy atom. The van der Waals surface area contributed by atoms with E-state index in [0.717, 1.165) is 24.8 Å². The van der Waals surface area contributed by atoms with E-state index in [2.05, 4.69) is 11.4 Å². The van der Waals surface area contributed by atoms with Gasteiger partial charge in [0.15, 0.2) is 0 Å². The van der Waals surface area contributed by atoms with E-state index in [1.54, 1.807) is 53.4 Å². The molecule has 3 aromatic carbocycles. The summed E-state index contributed by atoms with van der Waals surface area (Å²) in [5, 5.41) is 13.9. The molecule has 8 atom stereocenters. The molecule has 5 aliphatic rings. The van der Waals surface area contributed by atoms with Crippen molar-refractivity contribution in [1.82, 2.24) is 19.8 Å². The lowest BCUT2D eigenvalue weighted by Gasteiger charge is -2.35. The second-order valence-electron chi connectivity index (χ2n) is 17.3. The summed E-state index contributed by atoms with van der Waals surface area (Å²) in [6.07, 6.45) is 6.11. The zero-order chi connectivity index (χ0) is 43.2. The highest BCUT2D eigenvalue weighted by molar-refractivity contribution is 7.57. The molecule has 9 rings (SSSR count). The van der Waals surface area contributed by atoms with Crippen LogP contribution in [0.25, 0.3) is 10.1 Å². The molecule has 1 N–H and O–H groups in total. The topological polar surface area (TPSA) is 149 Å². The fourth-order valence-corrected chi connectivity index (χ4v) is 13.8. The van der Waals surface area contributed by atoms with Gasteiger partial charge in [-0.1, -0.05) is 61.5 Å². The van der Waals surface area contributed by atoms with Gasteiger partial charge in [-0.3, -0.25) is 23.7 Å². The molecule has 1 spiro atoms. The zero-order valence-corrected chi connectivity index (χ0v) is 36.4. The molecular formula is C47H51FN5O7PS. The molecule has 0 radical (unpaired) electrons. The summed E-state index contributed by atoms with van der Waals surface area (Å²) in [5.74, 6) is -3.74. The van der Waals surface area contributed by atoms with Crippen LogP contribution in [0, 0.1) is 17.2 Å². The molecule has 15 heteroatoms. The maximum atomic E-state index is 17.0. The molecule has 4 aromatic rings. The standard InChI is InChI=1S/C47H51FN5O7PS/c1-2-25-59-46(57)39-17-10-24-52(39)61(58,60-34-14-7-4-8-15-34)42(48)31-18-21-40-32(26-31)27-41(62-40)43(54)50-37-16-9-13-33-19-20-38(53(33)44(37)55)45(56)51-29-35(30-11-5-3-6-12-30)36(28-49)47(51)22-23-47/h3-8,11-12,14-15,18,21,26-27,33,35-39,42H,2,9-10,13,16-17,19-20,22-25,29H2,1H3,(H,50,54)/t33-,35+,36+,37-,38-,39-,42-,61?/m0/s1. The molecule has 5 fully saturated rings. The fraction of sp³-hybridized carbons (Fsp3) is 0.468. The van der Waals surface area contributed by atoms with Crippen molar-refractivity contribution in [3.63, 3.8) is 0 Å². The van der Waals surface area contributed by atoms with Gasteiger partial charge in [-0.05, 0) is 111 Å². The molecule has 324 valence electrons. The maximum absolute atomic E-state index is 17.0. The third-order valence-corrected chi connectivity index (χ3v) is 17.2. The lowest BCUT2D eigenvalue weighted by Crippen LogP contribution is -2.56. The van der Waals surface area contributed by atoms with Gasteiger partial charge in [-0.15, -0.1) is 11.3 Å². The molecule has 62 heavy (non-hydrogen) atoms. The van der Waals surface area contributed by atoms with Crippen molar-refractivity contribution in [2.45, 2.75) is 113 Å². The number of para-hydroxylation sites is 1. The number of likely N-dealkylation sites (tertiary alicyclic amines) is 1. The Morgan fingerprint density at radius 1 is 0.968 bits per heavy atom. The number of esters is 1. The van der Waals surface area contributed by atoms with Crippen molar-refractivity contribution in [3.05, 3.63) is 101 Å². The van der Waals surface area contributed by atoms with Crippen LogP contribution in [0.4, 0.5) is 4.39 Å². The molecule has 4 aliphatic heterocycles. The predicted molar refractivity (Wildman–Crippen MR) is 232 cm³/mol. The van der Waals surface area contributed by atoms with E-state index in [1.165, 1.54) is 22.1 Å². The first-order valence-corrected chi connectivity index (χ1v) is 24.4. The number of carbonyl (C=O) groups is 4. The maximum Gasteiger partial charge on any atom is 0.358 e. The van der Waals surface area contributed by atoms with Crippen molar-refractivity contribution in [1.29, 1.82) is 5.26 Å². The van der Waals surface area contributed by atoms with E-state index < -0.39 is 49.0 Å². The first-order valence-electron chi connectivity index (χ1n) is 21.9. The number of ether oxygens (including phenoxy) is 1. The summed E-state index contributed by atoms with van der Waals surface area (Å²) in [6, 6.07) is 24.6. The van der Waals surface area contributed by atoms with Crippen molar-refractivity contribution in [3.8, 4) is 11.8 Å². The fourth-order valence-electron chi connectivity index (χ4n) is 10.4.